The second-order valence-electron chi connectivity index (χ2n) is 3.74. The SMILES string of the molecule is CN(CC1CCCN1)c1cnccn1.Cl. The summed E-state index contributed by atoms with van der Waals surface area (Å²) in [5.74, 6) is 0.946. The topological polar surface area (TPSA) is 41.0 Å². The summed E-state index contributed by atoms with van der Waals surface area (Å²) < 4.78 is 0. The number of hydrogen-bond donors (Lipinski definition) is 1. The second kappa shape index (κ2) is 5.88. The monoisotopic (exact) mass is 228 g/mol. The van der Waals surface area contributed by atoms with Crippen LogP contribution >= 0.6 is 12.4 Å². The third kappa shape index (κ3) is 3.32. The zero-order valence-electron chi connectivity index (χ0n) is 8.89. The van der Waals surface area contributed by atoms with Crippen molar-refractivity contribution in [2.75, 3.05) is 25.0 Å². The van der Waals surface area contributed by atoms with Crippen LogP contribution in [0.25, 0.3) is 0 Å². The van der Waals surface area contributed by atoms with E-state index in [1.165, 1.54) is 12.8 Å². The Hall–Kier alpha value is -0.870. The number of nitrogens with one attached hydrogen (secondary N) is 1. The van der Waals surface area contributed by atoms with E-state index in [9.17, 15) is 0 Å². The fourth-order valence-electron chi connectivity index (χ4n) is 1.82. The van der Waals surface area contributed by atoms with Gasteiger partial charge < -0.3 is 10.2 Å². The number of anilines is 1. The van der Waals surface area contributed by atoms with E-state index < -0.39 is 0 Å². The van der Waals surface area contributed by atoms with E-state index in [0.717, 1.165) is 18.9 Å². The summed E-state index contributed by atoms with van der Waals surface area (Å²) in [5.41, 5.74) is 0. The van der Waals surface area contributed by atoms with Crippen molar-refractivity contribution < 1.29 is 0 Å². The van der Waals surface area contributed by atoms with Gasteiger partial charge >= 0.3 is 0 Å². The Balaban J connectivity index is 0.00000112. The van der Waals surface area contributed by atoms with Gasteiger partial charge in [-0.2, -0.15) is 0 Å². The molecule has 2 rings (SSSR count). The lowest BCUT2D eigenvalue weighted by molar-refractivity contribution is 0.597. The van der Waals surface area contributed by atoms with Crippen LogP contribution in [-0.4, -0.2) is 36.1 Å². The fraction of sp³-hybridized carbons (Fsp3) is 0.600. The summed E-state index contributed by atoms with van der Waals surface area (Å²) in [4.78, 5) is 10.5. The molecule has 1 aliphatic heterocycles. The standard InChI is InChI=1S/C10H16N4.ClH/c1-14(8-9-3-2-4-12-9)10-7-11-5-6-13-10;/h5-7,9,12H,2-4,8H2,1H3;1H. The Morgan fingerprint density at radius 1 is 1.53 bits per heavy atom. The minimum Gasteiger partial charge on any atom is -0.357 e. The predicted molar refractivity (Wildman–Crippen MR) is 63.6 cm³/mol. The van der Waals surface area contributed by atoms with Crippen LogP contribution in [0.5, 0.6) is 0 Å². The number of hydrogen-bond acceptors (Lipinski definition) is 4. The molecule has 2 heterocycles. The summed E-state index contributed by atoms with van der Waals surface area (Å²) in [5, 5.41) is 3.47. The quantitative estimate of drug-likeness (QED) is 0.841. The Kier molecular flexibility index (Phi) is 4.78. The summed E-state index contributed by atoms with van der Waals surface area (Å²) in [6.07, 6.45) is 7.79. The number of nitrogens with zero attached hydrogens (tertiary/aromatic N) is 3. The van der Waals surface area contributed by atoms with E-state index in [0.29, 0.717) is 6.04 Å². The molecule has 15 heavy (non-hydrogen) atoms. The van der Waals surface area contributed by atoms with Gasteiger partial charge in [0.05, 0.1) is 6.20 Å². The van der Waals surface area contributed by atoms with Crippen molar-refractivity contribution in [3.63, 3.8) is 0 Å². The van der Waals surface area contributed by atoms with Gasteiger partial charge in [-0.3, -0.25) is 4.98 Å². The first-order valence-electron chi connectivity index (χ1n) is 5.07. The van der Waals surface area contributed by atoms with Crippen molar-refractivity contribution in [3.8, 4) is 0 Å². The molecule has 0 bridgehead atoms. The first-order chi connectivity index (χ1) is 6.86. The third-order valence-electron chi connectivity index (χ3n) is 2.60. The molecule has 1 saturated heterocycles. The van der Waals surface area contributed by atoms with Gasteiger partial charge in [0.25, 0.3) is 0 Å². The van der Waals surface area contributed by atoms with Gasteiger partial charge in [0.2, 0.25) is 0 Å². The molecule has 0 spiro atoms. The van der Waals surface area contributed by atoms with Crippen LogP contribution in [0, 0.1) is 0 Å². The molecule has 1 N–H and O–H groups in total. The number of rotatable bonds is 3. The maximum Gasteiger partial charge on any atom is 0.146 e. The van der Waals surface area contributed by atoms with Crippen LogP contribution < -0.4 is 10.2 Å². The fourth-order valence-corrected chi connectivity index (χ4v) is 1.82. The van der Waals surface area contributed by atoms with Crippen molar-refractivity contribution in [1.29, 1.82) is 0 Å². The average Bonchev–Trinajstić information content (AvgIpc) is 2.72. The van der Waals surface area contributed by atoms with Crippen molar-refractivity contribution in [1.82, 2.24) is 15.3 Å². The van der Waals surface area contributed by atoms with Gasteiger partial charge in [-0.15, -0.1) is 12.4 Å². The molecule has 0 amide bonds. The van der Waals surface area contributed by atoms with Crippen molar-refractivity contribution in [2.45, 2.75) is 18.9 Å². The van der Waals surface area contributed by atoms with Crippen molar-refractivity contribution in [3.05, 3.63) is 18.6 Å². The van der Waals surface area contributed by atoms with Gasteiger partial charge in [0, 0.05) is 32.0 Å². The summed E-state index contributed by atoms with van der Waals surface area (Å²) in [6.45, 7) is 2.16. The predicted octanol–water partition coefficient (Wildman–Crippen LogP) is 1.09. The van der Waals surface area contributed by atoms with Crippen LogP contribution in [0.4, 0.5) is 5.82 Å². The molecule has 1 atom stereocenters. The molecule has 1 aromatic heterocycles. The number of aromatic nitrogens is 2. The van der Waals surface area contributed by atoms with Crippen molar-refractivity contribution >= 4 is 18.2 Å². The summed E-state index contributed by atoms with van der Waals surface area (Å²) >= 11 is 0. The smallest absolute Gasteiger partial charge is 0.146 e. The maximum atomic E-state index is 4.26. The Bertz CT molecular complexity index is 274. The number of halogens is 1. The minimum atomic E-state index is 0. The van der Waals surface area contributed by atoms with Gasteiger partial charge in [-0.1, -0.05) is 0 Å². The highest BCUT2D eigenvalue weighted by Crippen LogP contribution is 2.10. The first-order valence-corrected chi connectivity index (χ1v) is 5.07. The highest BCUT2D eigenvalue weighted by molar-refractivity contribution is 5.85. The summed E-state index contributed by atoms with van der Waals surface area (Å²) in [6, 6.07) is 0.613. The highest BCUT2D eigenvalue weighted by atomic mass is 35.5. The van der Waals surface area contributed by atoms with Gasteiger partial charge in [-0.25, -0.2) is 4.98 Å². The van der Waals surface area contributed by atoms with E-state index in [-0.39, 0.29) is 12.4 Å². The molecule has 0 saturated carbocycles. The lowest BCUT2D eigenvalue weighted by Crippen LogP contribution is -2.35. The van der Waals surface area contributed by atoms with Gasteiger partial charge in [0.15, 0.2) is 0 Å². The highest BCUT2D eigenvalue weighted by Gasteiger charge is 2.16. The van der Waals surface area contributed by atoms with Crippen LogP contribution in [0.15, 0.2) is 18.6 Å². The molecule has 5 heteroatoms. The molecule has 1 aliphatic rings. The van der Waals surface area contributed by atoms with E-state index in [2.05, 4.69) is 27.2 Å². The zero-order chi connectivity index (χ0) is 9.80. The van der Waals surface area contributed by atoms with Crippen molar-refractivity contribution in [2.24, 2.45) is 0 Å². The third-order valence-corrected chi connectivity index (χ3v) is 2.60. The molecular formula is C10H17ClN4. The van der Waals surface area contributed by atoms with E-state index in [1.807, 2.05) is 0 Å². The molecule has 1 unspecified atom stereocenters. The molecule has 0 aliphatic carbocycles. The molecule has 4 nitrogen and oxygen atoms in total. The van der Waals surface area contributed by atoms with E-state index in [4.69, 9.17) is 0 Å². The van der Waals surface area contributed by atoms with Crippen LogP contribution in [0.3, 0.4) is 0 Å². The van der Waals surface area contributed by atoms with Crippen LogP contribution in [0.2, 0.25) is 0 Å². The van der Waals surface area contributed by atoms with Gasteiger partial charge in [0.1, 0.15) is 5.82 Å². The second-order valence-corrected chi connectivity index (χ2v) is 3.74. The largest absolute Gasteiger partial charge is 0.357 e. The molecule has 84 valence electrons. The minimum absolute atomic E-state index is 0. The lowest BCUT2D eigenvalue weighted by Gasteiger charge is -2.21. The van der Waals surface area contributed by atoms with Crippen LogP contribution in [-0.2, 0) is 0 Å². The van der Waals surface area contributed by atoms with Gasteiger partial charge in [-0.05, 0) is 19.4 Å². The molecule has 1 aromatic rings. The lowest BCUT2D eigenvalue weighted by atomic mass is 10.2. The molecule has 0 radical (unpaired) electrons. The Labute approximate surface area is 96.5 Å². The van der Waals surface area contributed by atoms with E-state index in [1.54, 1.807) is 18.6 Å². The summed E-state index contributed by atoms with van der Waals surface area (Å²) in [7, 11) is 2.06. The Morgan fingerprint density at radius 3 is 3.00 bits per heavy atom. The normalized spacial score (nSPS) is 19.7. The maximum absolute atomic E-state index is 4.26. The first kappa shape index (κ1) is 12.2. The Morgan fingerprint density at radius 2 is 2.40 bits per heavy atom. The van der Waals surface area contributed by atoms with Crippen LogP contribution in [0.1, 0.15) is 12.8 Å². The average molecular weight is 229 g/mol. The molecule has 0 aromatic carbocycles. The molecular weight excluding hydrogens is 212 g/mol. The number of likely N-dealkylation sites (N-methyl/N-ethyl adjacent to an activating group) is 1. The molecule has 1 fully saturated rings. The zero-order valence-corrected chi connectivity index (χ0v) is 9.70. The van der Waals surface area contributed by atoms with E-state index >= 15 is 0 Å².